The molecule has 0 N–H and O–H groups in total. The Morgan fingerprint density at radius 2 is 1.95 bits per heavy atom. The fourth-order valence-corrected chi connectivity index (χ4v) is 2.91. The number of anilines is 1. The minimum absolute atomic E-state index is 0.0115. The van der Waals surface area contributed by atoms with E-state index in [4.69, 9.17) is 14.2 Å². The van der Waals surface area contributed by atoms with Crippen LogP contribution in [0, 0.1) is 0 Å². The first-order valence-corrected chi connectivity index (χ1v) is 7.47. The van der Waals surface area contributed by atoms with E-state index in [1.807, 2.05) is 0 Å². The van der Waals surface area contributed by atoms with Crippen molar-refractivity contribution in [2.75, 3.05) is 25.2 Å². The molecule has 6 heteroatoms. The molecule has 1 saturated heterocycles. The summed E-state index contributed by atoms with van der Waals surface area (Å²) in [4.78, 5) is 25.2. The third-order valence-corrected chi connectivity index (χ3v) is 4.13. The molecule has 1 heterocycles. The van der Waals surface area contributed by atoms with E-state index in [1.165, 1.54) is 4.90 Å². The molecule has 1 saturated carbocycles. The Kier molecular flexibility index (Phi) is 4.29. The summed E-state index contributed by atoms with van der Waals surface area (Å²) in [6.07, 6.45) is 2.22. The van der Waals surface area contributed by atoms with Gasteiger partial charge in [-0.15, -0.1) is 0 Å². The van der Waals surface area contributed by atoms with Crippen LogP contribution in [0.4, 0.5) is 10.5 Å². The van der Waals surface area contributed by atoms with E-state index in [-0.39, 0.29) is 24.3 Å². The van der Waals surface area contributed by atoms with Crippen molar-refractivity contribution in [3.8, 4) is 0 Å². The molecular weight excluding hydrogens is 286 g/mol. The van der Waals surface area contributed by atoms with Crippen LogP contribution in [0.1, 0.15) is 29.6 Å². The molecule has 2 fully saturated rings. The third kappa shape index (κ3) is 2.92. The first-order chi connectivity index (χ1) is 10.7. The third-order valence-electron chi connectivity index (χ3n) is 4.13. The van der Waals surface area contributed by atoms with E-state index >= 15 is 0 Å². The number of ether oxygens (including phenoxy) is 3. The van der Waals surface area contributed by atoms with Gasteiger partial charge in [0, 0.05) is 12.8 Å². The number of methoxy groups -OCH3 is 1. The molecule has 1 aliphatic carbocycles. The number of benzene rings is 1. The number of amides is 1. The lowest BCUT2D eigenvalue weighted by molar-refractivity contribution is -0.0206. The Hall–Kier alpha value is -2.08. The van der Waals surface area contributed by atoms with Crippen LogP contribution in [0.2, 0.25) is 0 Å². The van der Waals surface area contributed by atoms with Crippen LogP contribution in [0.25, 0.3) is 0 Å². The summed E-state index contributed by atoms with van der Waals surface area (Å²) in [5, 5.41) is 0. The summed E-state index contributed by atoms with van der Waals surface area (Å²) >= 11 is 0. The summed E-state index contributed by atoms with van der Waals surface area (Å²) in [5.41, 5.74) is 1.19. The predicted molar refractivity (Wildman–Crippen MR) is 79.0 cm³/mol. The van der Waals surface area contributed by atoms with Gasteiger partial charge in [0.05, 0.1) is 18.2 Å². The van der Waals surface area contributed by atoms with Gasteiger partial charge in [0.1, 0.15) is 12.7 Å². The Morgan fingerprint density at radius 3 is 2.59 bits per heavy atom. The number of hydrogen-bond donors (Lipinski definition) is 0. The average molecular weight is 305 g/mol. The second-order valence-electron chi connectivity index (χ2n) is 5.46. The molecule has 2 aliphatic rings. The van der Waals surface area contributed by atoms with Gasteiger partial charge in [-0.1, -0.05) is 0 Å². The molecule has 6 nitrogen and oxygen atoms in total. The minimum Gasteiger partial charge on any atom is -0.456 e. The zero-order valence-corrected chi connectivity index (χ0v) is 12.5. The molecule has 1 aromatic carbocycles. The highest BCUT2D eigenvalue weighted by molar-refractivity contribution is 5.92. The van der Waals surface area contributed by atoms with Crippen LogP contribution in [-0.2, 0) is 14.2 Å². The molecule has 22 heavy (non-hydrogen) atoms. The van der Waals surface area contributed by atoms with Gasteiger partial charge in [-0.2, -0.15) is 0 Å². The lowest BCUT2D eigenvalue weighted by Gasteiger charge is -2.19. The number of esters is 1. The van der Waals surface area contributed by atoms with E-state index in [0.717, 1.165) is 24.9 Å². The molecule has 118 valence electrons. The van der Waals surface area contributed by atoms with Crippen molar-refractivity contribution in [3.63, 3.8) is 0 Å². The largest absolute Gasteiger partial charge is 0.456 e. The Labute approximate surface area is 128 Å². The highest BCUT2D eigenvalue weighted by atomic mass is 16.6. The van der Waals surface area contributed by atoms with E-state index in [2.05, 4.69) is 0 Å². The lowest BCUT2D eigenvalue weighted by atomic mass is 10.2. The lowest BCUT2D eigenvalue weighted by Crippen LogP contribution is -2.27. The molecule has 1 amide bonds. The van der Waals surface area contributed by atoms with E-state index in [9.17, 15) is 9.59 Å². The van der Waals surface area contributed by atoms with Crippen LogP contribution in [0.3, 0.4) is 0 Å². The fraction of sp³-hybridized carbons (Fsp3) is 0.500. The summed E-state index contributed by atoms with van der Waals surface area (Å²) in [6, 6.07) is 6.79. The first-order valence-electron chi connectivity index (χ1n) is 7.47. The maximum atomic E-state index is 12.2. The van der Waals surface area contributed by atoms with Crippen molar-refractivity contribution in [1.82, 2.24) is 0 Å². The molecular formula is C16H19NO5. The molecule has 0 unspecified atom stereocenters. The van der Waals surface area contributed by atoms with Crippen molar-refractivity contribution in [2.45, 2.75) is 31.5 Å². The summed E-state index contributed by atoms with van der Waals surface area (Å²) in [5.74, 6) is -0.357. The zero-order valence-electron chi connectivity index (χ0n) is 12.5. The Bertz CT molecular complexity index is 556. The first kappa shape index (κ1) is 14.8. The summed E-state index contributed by atoms with van der Waals surface area (Å²) in [6.45, 7) is 0.920. The number of rotatable bonds is 4. The Morgan fingerprint density at radius 1 is 1.23 bits per heavy atom. The maximum absolute atomic E-state index is 12.2. The van der Waals surface area contributed by atoms with Gasteiger partial charge in [-0.3, -0.25) is 4.90 Å². The molecule has 1 aromatic rings. The van der Waals surface area contributed by atoms with Crippen molar-refractivity contribution >= 4 is 17.7 Å². The second-order valence-corrected chi connectivity index (χ2v) is 5.46. The van der Waals surface area contributed by atoms with Crippen molar-refractivity contribution in [2.24, 2.45) is 0 Å². The number of hydrogen-bond acceptors (Lipinski definition) is 5. The number of cyclic esters (lactones) is 1. The fourth-order valence-electron chi connectivity index (χ4n) is 2.91. The van der Waals surface area contributed by atoms with Gasteiger partial charge in [0.2, 0.25) is 0 Å². The number of carbonyl (C=O) groups is 2. The van der Waals surface area contributed by atoms with Crippen molar-refractivity contribution in [1.29, 1.82) is 0 Å². The molecule has 0 aromatic heterocycles. The van der Waals surface area contributed by atoms with Gasteiger partial charge in [0.15, 0.2) is 0 Å². The monoisotopic (exact) mass is 305 g/mol. The average Bonchev–Trinajstić information content (AvgIpc) is 3.16. The predicted octanol–water partition coefficient (Wildman–Crippen LogP) is 2.37. The van der Waals surface area contributed by atoms with Crippen molar-refractivity contribution < 1.29 is 23.8 Å². The second kappa shape index (κ2) is 6.36. The van der Waals surface area contributed by atoms with E-state index in [1.54, 1.807) is 31.4 Å². The van der Waals surface area contributed by atoms with Crippen LogP contribution in [0.15, 0.2) is 24.3 Å². The normalized spacial score (nSPS) is 24.4. The van der Waals surface area contributed by atoms with Crippen LogP contribution in [0.5, 0.6) is 0 Å². The topological polar surface area (TPSA) is 65.1 Å². The standard InChI is InChI=1S/C16H19NO5/c1-20-13-3-2-4-14(13)22-15(18)11-5-7-12(8-6-11)17-9-10-21-16(17)19/h5-8,13-14H,2-4,9-10H2,1H3/t13-,14-/m1/s1. The molecule has 0 radical (unpaired) electrons. The van der Waals surface area contributed by atoms with Gasteiger partial charge >= 0.3 is 12.1 Å². The van der Waals surface area contributed by atoms with Gasteiger partial charge < -0.3 is 14.2 Å². The number of nitrogens with zero attached hydrogens (tertiary/aromatic N) is 1. The van der Waals surface area contributed by atoms with Crippen LogP contribution < -0.4 is 4.90 Å². The minimum atomic E-state index is -0.357. The van der Waals surface area contributed by atoms with E-state index < -0.39 is 0 Å². The molecule has 0 spiro atoms. The maximum Gasteiger partial charge on any atom is 0.414 e. The quantitative estimate of drug-likeness (QED) is 0.799. The summed E-state index contributed by atoms with van der Waals surface area (Å²) < 4.78 is 15.7. The Balaban J connectivity index is 1.65. The SMILES string of the molecule is CO[C@@H]1CCC[C@H]1OC(=O)c1ccc(N2CCOC2=O)cc1. The van der Waals surface area contributed by atoms with Crippen LogP contribution >= 0.6 is 0 Å². The molecule has 1 aliphatic heterocycles. The van der Waals surface area contributed by atoms with Gasteiger partial charge in [-0.05, 0) is 43.5 Å². The van der Waals surface area contributed by atoms with Crippen LogP contribution in [-0.4, -0.2) is 44.5 Å². The molecule has 0 bridgehead atoms. The van der Waals surface area contributed by atoms with Gasteiger partial charge in [0.25, 0.3) is 0 Å². The van der Waals surface area contributed by atoms with Gasteiger partial charge in [-0.25, -0.2) is 9.59 Å². The molecule has 3 rings (SSSR count). The zero-order chi connectivity index (χ0) is 15.5. The highest BCUT2D eigenvalue weighted by Crippen LogP contribution is 2.26. The highest BCUT2D eigenvalue weighted by Gasteiger charge is 2.31. The molecule has 2 atom stereocenters. The van der Waals surface area contributed by atoms with Crippen molar-refractivity contribution in [3.05, 3.63) is 29.8 Å². The number of carbonyl (C=O) groups excluding carboxylic acids is 2. The van der Waals surface area contributed by atoms with E-state index in [0.29, 0.717) is 18.7 Å². The summed E-state index contributed by atoms with van der Waals surface area (Å²) in [7, 11) is 1.64. The smallest absolute Gasteiger partial charge is 0.414 e.